The molecule has 0 radical (unpaired) electrons. The van der Waals surface area contributed by atoms with Crippen molar-refractivity contribution in [1.29, 1.82) is 0 Å². The molecule has 0 amide bonds. The molecule has 0 unspecified atom stereocenters. The van der Waals surface area contributed by atoms with Gasteiger partial charge in [0.2, 0.25) is 0 Å². The number of nitrogens with zero attached hydrogens (tertiary/aromatic N) is 3. The molecule has 3 heteroatoms. The molecule has 0 saturated carbocycles. The summed E-state index contributed by atoms with van der Waals surface area (Å²) in [6.45, 7) is 5.84. The molecule has 0 aliphatic heterocycles. The molecule has 50 heavy (non-hydrogen) atoms. The van der Waals surface area contributed by atoms with Crippen molar-refractivity contribution in [2.24, 2.45) is 0 Å². The highest BCUT2D eigenvalue weighted by Gasteiger charge is 2.52. The van der Waals surface area contributed by atoms with Crippen LogP contribution in [0.2, 0.25) is 0 Å². The predicted molar refractivity (Wildman–Crippen MR) is 205 cm³/mol. The van der Waals surface area contributed by atoms with Crippen LogP contribution in [0, 0.1) is 0 Å². The highest BCUT2D eigenvalue weighted by Crippen LogP contribution is 2.64. The van der Waals surface area contributed by atoms with Gasteiger partial charge in [-0.15, -0.1) is 0 Å². The molecule has 2 aliphatic carbocycles. The second-order valence-electron chi connectivity index (χ2n) is 12.8. The molecule has 6 aromatic carbocycles. The first-order chi connectivity index (χ1) is 24.7. The first-order valence-corrected chi connectivity index (χ1v) is 17.0. The fourth-order valence-electron chi connectivity index (χ4n) is 8.02. The fourth-order valence-corrected chi connectivity index (χ4v) is 8.02. The quantitative estimate of drug-likeness (QED) is 0.170. The zero-order valence-corrected chi connectivity index (χ0v) is 27.7. The Morgan fingerprint density at radius 3 is 1.68 bits per heavy atom. The largest absolute Gasteiger partial charge is 0.209 e. The summed E-state index contributed by atoms with van der Waals surface area (Å²) in [7, 11) is 0. The zero-order valence-electron chi connectivity index (χ0n) is 27.7. The third kappa shape index (κ3) is 4.40. The second kappa shape index (κ2) is 11.9. The Morgan fingerprint density at radius 1 is 0.480 bits per heavy atom. The van der Waals surface area contributed by atoms with Gasteiger partial charge in [-0.3, -0.25) is 0 Å². The van der Waals surface area contributed by atoms with E-state index in [9.17, 15) is 0 Å². The molecule has 236 valence electrons. The molecule has 1 heterocycles. The summed E-state index contributed by atoms with van der Waals surface area (Å²) in [4.78, 5) is 15.2. The smallest absolute Gasteiger partial charge is 0.164 e. The maximum atomic E-state index is 5.12. The lowest BCUT2D eigenvalue weighted by Gasteiger charge is -2.30. The summed E-state index contributed by atoms with van der Waals surface area (Å²) in [6, 6.07) is 52.3. The van der Waals surface area contributed by atoms with Gasteiger partial charge >= 0.3 is 0 Å². The molecular formula is C47H33N3. The number of hydrogen-bond acceptors (Lipinski definition) is 3. The second-order valence-corrected chi connectivity index (χ2v) is 12.8. The van der Waals surface area contributed by atoms with Crippen LogP contribution in [0.5, 0.6) is 0 Å². The van der Waals surface area contributed by atoms with E-state index in [0.717, 1.165) is 27.8 Å². The third-order valence-electron chi connectivity index (χ3n) is 10.1. The summed E-state index contributed by atoms with van der Waals surface area (Å²) in [5.74, 6) is 1.92. The monoisotopic (exact) mass is 639 g/mol. The highest BCUT2D eigenvalue weighted by atomic mass is 15.0. The van der Waals surface area contributed by atoms with Crippen molar-refractivity contribution in [3.63, 3.8) is 0 Å². The Kier molecular flexibility index (Phi) is 7.06. The van der Waals surface area contributed by atoms with Gasteiger partial charge in [-0.25, -0.2) is 15.0 Å². The molecule has 3 nitrogen and oxygen atoms in total. The summed E-state index contributed by atoms with van der Waals surface area (Å²) >= 11 is 0. The van der Waals surface area contributed by atoms with Gasteiger partial charge < -0.3 is 0 Å². The molecule has 0 saturated heterocycles. The molecule has 7 aromatic rings. The molecule has 0 atom stereocenters. The van der Waals surface area contributed by atoms with Crippen molar-refractivity contribution >= 4 is 5.57 Å². The lowest BCUT2D eigenvalue weighted by molar-refractivity contribution is 0.794. The van der Waals surface area contributed by atoms with Gasteiger partial charge in [0.05, 0.1) is 5.41 Å². The molecule has 2 aliphatic rings. The summed E-state index contributed by atoms with van der Waals surface area (Å²) in [5.41, 5.74) is 15.1. The van der Waals surface area contributed by atoms with Gasteiger partial charge in [-0.05, 0) is 68.1 Å². The Labute approximate surface area is 292 Å². The summed E-state index contributed by atoms with van der Waals surface area (Å²) < 4.78 is 0. The average Bonchev–Trinajstić information content (AvgIpc) is 3.66. The van der Waals surface area contributed by atoms with Crippen LogP contribution in [0.15, 0.2) is 176 Å². The Bertz CT molecular complexity index is 2480. The van der Waals surface area contributed by atoms with E-state index in [0.29, 0.717) is 17.5 Å². The van der Waals surface area contributed by atoms with Gasteiger partial charge in [-0.2, -0.15) is 0 Å². The SMILES string of the molecule is C=C/C=C\C=C(/C)c1nc(-c2ccccc2)nc(-c2ccccc2-c2cccc3c2-c2ccccc2C32c3ccccc3-c3ccccc32)n1. The molecule has 1 aromatic heterocycles. The zero-order chi connectivity index (χ0) is 33.7. The van der Waals surface area contributed by atoms with Crippen molar-refractivity contribution in [2.45, 2.75) is 12.3 Å². The van der Waals surface area contributed by atoms with E-state index in [1.807, 2.05) is 55.5 Å². The van der Waals surface area contributed by atoms with Crippen molar-refractivity contribution in [3.05, 3.63) is 205 Å². The normalized spacial score (nSPS) is 13.6. The van der Waals surface area contributed by atoms with Crippen molar-refractivity contribution in [2.75, 3.05) is 0 Å². The standard InChI is InChI=1S/C47H33N3/c1-3-4-6-18-31(2)44-48-45(32-19-7-5-8-20-32)50-46(49-44)37-24-10-9-21-33(37)36-26-17-30-42-43(36)38-25-13-16-29-41(38)47(42)39-27-14-11-22-34(39)35-23-12-15-28-40(35)47/h3-30H,1H2,2H3/b6-4-,31-18+. The van der Waals surface area contributed by atoms with Crippen LogP contribution in [0.3, 0.4) is 0 Å². The summed E-state index contributed by atoms with van der Waals surface area (Å²) in [5, 5.41) is 0. The van der Waals surface area contributed by atoms with Crippen LogP contribution >= 0.6 is 0 Å². The summed E-state index contributed by atoms with van der Waals surface area (Å²) in [6.07, 6.45) is 7.64. The van der Waals surface area contributed by atoms with Crippen LogP contribution in [-0.4, -0.2) is 15.0 Å². The number of aromatic nitrogens is 3. The van der Waals surface area contributed by atoms with Gasteiger partial charge in [0.15, 0.2) is 17.5 Å². The van der Waals surface area contributed by atoms with Gasteiger partial charge in [0.25, 0.3) is 0 Å². The first kappa shape index (κ1) is 29.7. The van der Waals surface area contributed by atoms with Crippen molar-refractivity contribution in [3.8, 4) is 56.2 Å². The van der Waals surface area contributed by atoms with Crippen molar-refractivity contribution in [1.82, 2.24) is 15.0 Å². The van der Waals surface area contributed by atoms with Gasteiger partial charge in [-0.1, -0.05) is 176 Å². The number of benzene rings is 6. The van der Waals surface area contributed by atoms with Gasteiger partial charge in [0, 0.05) is 11.1 Å². The molecule has 1 spiro atoms. The molecule has 0 N–H and O–H groups in total. The minimum atomic E-state index is -0.411. The van der Waals surface area contributed by atoms with Crippen LogP contribution in [0.25, 0.3) is 61.7 Å². The minimum Gasteiger partial charge on any atom is -0.209 e. The number of rotatable bonds is 6. The number of hydrogen-bond donors (Lipinski definition) is 0. The highest BCUT2D eigenvalue weighted by molar-refractivity contribution is 6.01. The van der Waals surface area contributed by atoms with Crippen LogP contribution in [0.4, 0.5) is 0 Å². The topological polar surface area (TPSA) is 38.7 Å². The van der Waals surface area contributed by atoms with E-state index in [4.69, 9.17) is 15.0 Å². The number of fused-ring (bicyclic) bond motifs is 10. The Morgan fingerprint density at radius 2 is 1.00 bits per heavy atom. The van der Waals surface area contributed by atoms with E-state index >= 15 is 0 Å². The maximum absolute atomic E-state index is 5.12. The van der Waals surface area contributed by atoms with Crippen LogP contribution < -0.4 is 0 Å². The molecule has 9 rings (SSSR count). The Hall–Kier alpha value is -6.45. The molecular weight excluding hydrogens is 607 g/mol. The lowest BCUT2D eigenvalue weighted by Crippen LogP contribution is -2.25. The minimum absolute atomic E-state index is 0.411. The van der Waals surface area contributed by atoms with E-state index in [1.165, 1.54) is 44.5 Å². The van der Waals surface area contributed by atoms with Gasteiger partial charge in [0.1, 0.15) is 0 Å². The average molecular weight is 640 g/mol. The van der Waals surface area contributed by atoms with E-state index in [-0.39, 0.29) is 0 Å². The first-order valence-electron chi connectivity index (χ1n) is 17.0. The lowest BCUT2D eigenvalue weighted by atomic mass is 9.70. The van der Waals surface area contributed by atoms with Crippen LogP contribution in [-0.2, 0) is 5.41 Å². The predicted octanol–water partition coefficient (Wildman–Crippen LogP) is 11.4. The Balaban J connectivity index is 1.30. The third-order valence-corrected chi connectivity index (χ3v) is 10.1. The van der Waals surface area contributed by atoms with E-state index in [2.05, 4.69) is 122 Å². The van der Waals surface area contributed by atoms with Crippen LogP contribution in [0.1, 0.15) is 35.0 Å². The fraction of sp³-hybridized carbons (Fsp3) is 0.0426. The molecule has 0 bridgehead atoms. The van der Waals surface area contributed by atoms with E-state index in [1.54, 1.807) is 6.08 Å². The number of allylic oxidation sites excluding steroid dienone is 5. The van der Waals surface area contributed by atoms with E-state index < -0.39 is 5.41 Å². The molecule has 0 fully saturated rings. The van der Waals surface area contributed by atoms with Crippen molar-refractivity contribution < 1.29 is 0 Å². The maximum Gasteiger partial charge on any atom is 0.164 e.